The van der Waals surface area contributed by atoms with Crippen molar-refractivity contribution in [2.45, 2.75) is 26.4 Å². The third-order valence-corrected chi connectivity index (χ3v) is 3.24. The van der Waals surface area contributed by atoms with E-state index in [1.165, 1.54) is 11.8 Å². The van der Waals surface area contributed by atoms with Crippen LogP contribution in [0.1, 0.15) is 34.2 Å². The molecule has 0 fully saturated rings. The summed E-state index contributed by atoms with van der Waals surface area (Å²) in [4.78, 5) is 15.4. The van der Waals surface area contributed by atoms with Crippen LogP contribution in [-0.4, -0.2) is 25.8 Å². The van der Waals surface area contributed by atoms with E-state index in [1.54, 1.807) is 17.9 Å². The van der Waals surface area contributed by atoms with Gasteiger partial charge in [0.05, 0.1) is 17.6 Å². The number of carbonyl (C=O) groups is 1. The molecule has 2 N–H and O–H groups in total. The minimum atomic E-state index is -0.956. The lowest BCUT2D eigenvalue weighted by Crippen LogP contribution is -2.19. The van der Waals surface area contributed by atoms with E-state index in [2.05, 4.69) is 28.4 Å². The van der Waals surface area contributed by atoms with E-state index in [-0.39, 0.29) is 5.56 Å². The molecular formula is C14H18N4O2. The predicted octanol–water partition coefficient (Wildman–Crippen LogP) is 1.37. The first-order valence-electron chi connectivity index (χ1n) is 6.51. The van der Waals surface area contributed by atoms with E-state index in [1.807, 2.05) is 6.07 Å². The standard InChI is InChI=1S/C14H18N4O2/c1-3-10-5-4-6-16-12(10)8-15-9-13-11(14(19)20)7-17-18(13)2/h4-7,15H,3,8-9H2,1-2H3,(H,19,20). The lowest BCUT2D eigenvalue weighted by atomic mass is 10.1. The number of aryl methyl sites for hydroxylation is 2. The normalized spacial score (nSPS) is 10.7. The van der Waals surface area contributed by atoms with Crippen molar-refractivity contribution in [2.75, 3.05) is 0 Å². The molecule has 0 aliphatic carbocycles. The quantitative estimate of drug-likeness (QED) is 0.831. The highest BCUT2D eigenvalue weighted by molar-refractivity contribution is 5.88. The van der Waals surface area contributed by atoms with Gasteiger partial charge in [0.15, 0.2) is 0 Å². The summed E-state index contributed by atoms with van der Waals surface area (Å²) in [6, 6.07) is 3.97. The van der Waals surface area contributed by atoms with Crippen LogP contribution in [0.15, 0.2) is 24.5 Å². The predicted molar refractivity (Wildman–Crippen MR) is 74.3 cm³/mol. The second kappa shape index (κ2) is 6.29. The summed E-state index contributed by atoms with van der Waals surface area (Å²) in [7, 11) is 1.74. The first-order valence-corrected chi connectivity index (χ1v) is 6.51. The summed E-state index contributed by atoms with van der Waals surface area (Å²) in [5.41, 5.74) is 3.08. The molecule has 2 aromatic rings. The van der Waals surface area contributed by atoms with E-state index < -0.39 is 5.97 Å². The number of rotatable bonds is 6. The molecule has 2 aromatic heterocycles. The molecule has 6 nitrogen and oxygen atoms in total. The highest BCUT2D eigenvalue weighted by atomic mass is 16.4. The van der Waals surface area contributed by atoms with Crippen molar-refractivity contribution in [3.63, 3.8) is 0 Å². The molecular weight excluding hydrogens is 256 g/mol. The van der Waals surface area contributed by atoms with Crippen LogP contribution in [-0.2, 0) is 26.6 Å². The van der Waals surface area contributed by atoms with E-state index in [4.69, 9.17) is 5.11 Å². The molecule has 0 unspecified atom stereocenters. The largest absolute Gasteiger partial charge is 0.478 e. The Balaban J connectivity index is 2.03. The van der Waals surface area contributed by atoms with Crippen molar-refractivity contribution in [1.82, 2.24) is 20.1 Å². The summed E-state index contributed by atoms with van der Waals surface area (Å²) in [6.45, 7) is 3.14. The Morgan fingerprint density at radius 1 is 1.45 bits per heavy atom. The number of aromatic nitrogens is 3. The topological polar surface area (TPSA) is 80.0 Å². The van der Waals surface area contributed by atoms with E-state index in [9.17, 15) is 4.79 Å². The molecule has 106 valence electrons. The lowest BCUT2D eigenvalue weighted by Gasteiger charge is -2.09. The Bertz CT molecular complexity index is 607. The first kappa shape index (κ1) is 14.2. The Kier molecular flexibility index (Phi) is 4.47. The molecule has 0 amide bonds. The zero-order chi connectivity index (χ0) is 14.5. The fraction of sp³-hybridized carbons (Fsp3) is 0.357. The maximum atomic E-state index is 11.1. The Morgan fingerprint density at radius 2 is 2.25 bits per heavy atom. The number of aromatic carboxylic acids is 1. The minimum Gasteiger partial charge on any atom is -0.478 e. The number of nitrogens with zero attached hydrogens (tertiary/aromatic N) is 3. The number of hydrogen-bond acceptors (Lipinski definition) is 4. The number of carboxylic acids is 1. The molecule has 0 saturated carbocycles. The van der Waals surface area contributed by atoms with Gasteiger partial charge in [-0.2, -0.15) is 5.10 Å². The summed E-state index contributed by atoms with van der Waals surface area (Å²) in [5.74, 6) is -0.956. The molecule has 0 spiro atoms. The van der Waals surface area contributed by atoms with Crippen LogP contribution in [0, 0.1) is 0 Å². The zero-order valence-electron chi connectivity index (χ0n) is 11.6. The van der Waals surface area contributed by atoms with Crippen LogP contribution in [0.4, 0.5) is 0 Å². The number of pyridine rings is 1. The first-order chi connectivity index (χ1) is 9.63. The lowest BCUT2D eigenvalue weighted by molar-refractivity contribution is 0.0695. The average Bonchev–Trinajstić information content (AvgIpc) is 2.81. The molecule has 6 heteroatoms. The van der Waals surface area contributed by atoms with E-state index >= 15 is 0 Å². The van der Waals surface area contributed by atoms with Crippen molar-refractivity contribution in [3.8, 4) is 0 Å². The molecule has 0 aliphatic heterocycles. The Morgan fingerprint density at radius 3 is 2.95 bits per heavy atom. The van der Waals surface area contributed by atoms with Crippen molar-refractivity contribution in [2.24, 2.45) is 7.05 Å². The van der Waals surface area contributed by atoms with Crippen molar-refractivity contribution >= 4 is 5.97 Å². The molecule has 0 atom stereocenters. The molecule has 0 aromatic carbocycles. The molecule has 2 heterocycles. The number of hydrogen-bond donors (Lipinski definition) is 2. The van der Waals surface area contributed by atoms with Gasteiger partial charge in [-0.15, -0.1) is 0 Å². The van der Waals surface area contributed by atoms with Gasteiger partial charge in [-0.25, -0.2) is 4.79 Å². The fourth-order valence-electron chi connectivity index (χ4n) is 2.10. The third-order valence-electron chi connectivity index (χ3n) is 3.24. The van der Waals surface area contributed by atoms with Crippen LogP contribution in [0.5, 0.6) is 0 Å². The molecule has 0 bridgehead atoms. The van der Waals surface area contributed by atoms with Crippen LogP contribution in [0.3, 0.4) is 0 Å². The van der Waals surface area contributed by atoms with Crippen LogP contribution < -0.4 is 5.32 Å². The molecule has 2 rings (SSSR count). The van der Waals surface area contributed by atoms with Crippen LogP contribution in [0.2, 0.25) is 0 Å². The zero-order valence-corrected chi connectivity index (χ0v) is 11.6. The smallest absolute Gasteiger partial charge is 0.339 e. The van der Waals surface area contributed by atoms with E-state index in [0.717, 1.165) is 12.1 Å². The summed E-state index contributed by atoms with van der Waals surface area (Å²) >= 11 is 0. The van der Waals surface area contributed by atoms with Crippen LogP contribution in [0.25, 0.3) is 0 Å². The summed E-state index contributed by atoms with van der Waals surface area (Å²) in [5, 5.41) is 16.3. The molecule has 0 aliphatic rings. The van der Waals surface area contributed by atoms with Gasteiger partial charge in [0.25, 0.3) is 0 Å². The average molecular weight is 274 g/mol. The summed E-state index contributed by atoms with van der Waals surface area (Å²) in [6.07, 6.45) is 4.07. The van der Waals surface area contributed by atoms with Gasteiger partial charge in [-0.05, 0) is 18.1 Å². The molecule has 20 heavy (non-hydrogen) atoms. The number of carboxylic acid groups (broad SMARTS) is 1. The second-order valence-corrected chi connectivity index (χ2v) is 4.50. The highest BCUT2D eigenvalue weighted by Gasteiger charge is 2.14. The van der Waals surface area contributed by atoms with Gasteiger partial charge in [0, 0.05) is 26.3 Å². The van der Waals surface area contributed by atoms with Gasteiger partial charge in [-0.1, -0.05) is 13.0 Å². The second-order valence-electron chi connectivity index (χ2n) is 4.50. The van der Waals surface area contributed by atoms with Gasteiger partial charge < -0.3 is 10.4 Å². The van der Waals surface area contributed by atoms with Gasteiger partial charge in [0.1, 0.15) is 5.56 Å². The fourth-order valence-corrected chi connectivity index (χ4v) is 2.10. The summed E-state index contributed by atoms with van der Waals surface area (Å²) < 4.78 is 1.58. The van der Waals surface area contributed by atoms with Gasteiger partial charge >= 0.3 is 5.97 Å². The maximum absolute atomic E-state index is 11.1. The third kappa shape index (κ3) is 3.03. The van der Waals surface area contributed by atoms with E-state index in [0.29, 0.717) is 18.8 Å². The SMILES string of the molecule is CCc1cccnc1CNCc1c(C(=O)O)cnn1C. The van der Waals surface area contributed by atoms with Gasteiger partial charge in [0.2, 0.25) is 0 Å². The molecule has 0 radical (unpaired) electrons. The van der Waals surface area contributed by atoms with Crippen molar-refractivity contribution in [1.29, 1.82) is 0 Å². The van der Waals surface area contributed by atoms with Crippen molar-refractivity contribution < 1.29 is 9.90 Å². The molecule has 0 saturated heterocycles. The minimum absolute atomic E-state index is 0.233. The Hall–Kier alpha value is -2.21. The van der Waals surface area contributed by atoms with Crippen molar-refractivity contribution in [3.05, 3.63) is 47.0 Å². The Labute approximate surface area is 117 Å². The highest BCUT2D eigenvalue weighted by Crippen LogP contribution is 2.09. The number of nitrogens with one attached hydrogen (secondary N) is 1. The monoisotopic (exact) mass is 274 g/mol. The van der Waals surface area contributed by atoms with Gasteiger partial charge in [-0.3, -0.25) is 9.67 Å². The maximum Gasteiger partial charge on any atom is 0.339 e. The van der Waals surface area contributed by atoms with Crippen LogP contribution >= 0.6 is 0 Å².